The van der Waals surface area contributed by atoms with Gasteiger partial charge in [-0.15, -0.1) is 0 Å². The van der Waals surface area contributed by atoms with Gasteiger partial charge < -0.3 is 0 Å². The van der Waals surface area contributed by atoms with Gasteiger partial charge in [0.1, 0.15) is 10.5 Å². The van der Waals surface area contributed by atoms with Gasteiger partial charge in [0.15, 0.2) is 5.78 Å². The Bertz CT molecular complexity index is 1010. The molecular formula is C14H7NO7S. The minimum atomic E-state index is -4.74. The van der Waals surface area contributed by atoms with Crippen LogP contribution in [0.4, 0.5) is 5.69 Å². The molecule has 3 rings (SSSR count). The molecule has 8 nitrogen and oxygen atoms in total. The fraction of sp³-hybridized carbons (Fsp3) is 0. The first-order valence-electron chi connectivity index (χ1n) is 6.21. The molecule has 9 heteroatoms. The summed E-state index contributed by atoms with van der Waals surface area (Å²) in [5, 5.41) is 11.1. The smallest absolute Gasteiger partial charge is 0.289 e. The molecule has 23 heavy (non-hydrogen) atoms. The molecule has 1 aliphatic rings. The van der Waals surface area contributed by atoms with Crippen LogP contribution in [0.25, 0.3) is 0 Å². The highest BCUT2D eigenvalue weighted by molar-refractivity contribution is 7.86. The second-order valence-corrected chi connectivity index (χ2v) is 6.16. The fourth-order valence-corrected chi connectivity index (χ4v) is 3.27. The van der Waals surface area contributed by atoms with Crippen LogP contribution in [0.5, 0.6) is 0 Å². The molecule has 0 aliphatic heterocycles. The summed E-state index contributed by atoms with van der Waals surface area (Å²) in [6, 6.07) is 6.86. The van der Waals surface area contributed by atoms with Crippen molar-refractivity contribution in [3.63, 3.8) is 0 Å². The second kappa shape index (κ2) is 4.80. The second-order valence-electron chi connectivity index (χ2n) is 4.77. The van der Waals surface area contributed by atoms with Crippen molar-refractivity contribution in [2.45, 2.75) is 4.90 Å². The number of hydrogen-bond donors (Lipinski definition) is 1. The standard InChI is InChI=1S/C14H7NO7S/c16-13-8-4-2-6-10(23(20,21)22)12(8)14(17)7-3-1-5-9(11(7)13)15(18)19/h1-6H,(H,20,21,22). The van der Waals surface area contributed by atoms with Gasteiger partial charge in [0, 0.05) is 17.2 Å². The summed E-state index contributed by atoms with van der Waals surface area (Å²) >= 11 is 0. The molecule has 0 saturated heterocycles. The number of nitro benzene ring substituents is 1. The summed E-state index contributed by atoms with van der Waals surface area (Å²) in [5.41, 5.74) is -1.97. The fourth-order valence-electron chi connectivity index (χ4n) is 2.56. The van der Waals surface area contributed by atoms with E-state index in [1.807, 2.05) is 0 Å². The number of rotatable bonds is 2. The van der Waals surface area contributed by atoms with Crippen molar-refractivity contribution in [1.29, 1.82) is 0 Å². The molecule has 0 radical (unpaired) electrons. The number of carbonyl (C=O) groups is 2. The number of nitrogens with zero attached hydrogens (tertiary/aromatic N) is 1. The van der Waals surface area contributed by atoms with Gasteiger partial charge in [-0.05, 0) is 12.1 Å². The minimum absolute atomic E-state index is 0.271. The number of carbonyl (C=O) groups excluding carboxylic acids is 2. The van der Waals surface area contributed by atoms with E-state index in [1.54, 1.807) is 0 Å². The van der Waals surface area contributed by atoms with Crippen molar-refractivity contribution >= 4 is 27.4 Å². The van der Waals surface area contributed by atoms with E-state index in [9.17, 15) is 32.7 Å². The van der Waals surface area contributed by atoms with Gasteiger partial charge in [-0.3, -0.25) is 24.3 Å². The van der Waals surface area contributed by atoms with Crippen LogP contribution in [0, 0.1) is 10.1 Å². The number of hydrogen-bond acceptors (Lipinski definition) is 6. The number of fused-ring (bicyclic) bond motifs is 2. The Hall–Kier alpha value is -2.91. The maximum absolute atomic E-state index is 12.5. The first-order chi connectivity index (χ1) is 10.7. The van der Waals surface area contributed by atoms with Crippen molar-refractivity contribution < 1.29 is 27.5 Å². The lowest BCUT2D eigenvalue weighted by Gasteiger charge is -2.18. The lowest BCUT2D eigenvalue weighted by molar-refractivity contribution is -0.385. The Morgan fingerprint density at radius 1 is 0.913 bits per heavy atom. The molecule has 0 saturated carbocycles. The normalized spacial score (nSPS) is 13.4. The summed E-state index contributed by atoms with van der Waals surface area (Å²) in [4.78, 5) is 34.6. The van der Waals surface area contributed by atoms with Crippen molar-refractivity contribution in [2.75, 3.05) is 0 Å². The lowest BCUT2D eigenvalue weighted by atomic mass is 9.83. The average molecular weight is 333 g/mol. The van der Waals surface area contributed by atoms with E-state index in [0.29, 0.717) is 0 Å². The molecule has 0 bridgehead atoms. The average Bonchev–Trinajstić information content (AvgIpc) is 2.50. The summed E-state index contributed by atoms with van der Waals surface area (Å²) in [6.45, 7) is 0. The van der Waals surface area contributed by atoms with Crippen LogP contribution in [0.15, 0.2) is 41.3 Å². The summed E-state index contributed by atoms with van der Waals surface area (Å²) in [5.74, 6) is -1.71. The third kappa shape index (κ3) is 2.14. The van der Waals surface area contributed by atoms with Crippen LogP contribution in [0.1, 0.15) is 31.8 Å². The first-order valence-corrected chi connectivity index (χ1v) is 7.65. The molecule has 0 heterocycles. The van der Waals surface area contributed by atoms with E-state index in [2.05, 4.69) is 0 Å². The maximum atomic E-state index is 12.5. The molecule has 0 aromatic heterocycles. The van der Waals surface area contributed by atoms with Gasteiger partial charge in [-0.2, -0.15) is 8.42 Å². The molecule has 116 valence electrons. The van der Waals surface area contributed by atoms with E-state index in [1.165, 1.54) is 24.3 Å². The molecule has 0 unspecified atom stereocenters. The van der Waals surface area contributed by atoms with E-state index in [-0.39, 0.29) is 16.7 Å². The van der Waals surface area contributed by atoms with Crippen LogP contribution in [0.3, 0.4) is 0 Å². The van der Waals surface area contributed by atoms with Gasteiger partial charge in [-0.1, -0.05) is 18.2 Å². The Labute approximate surface area is 129 Å². The van der Waals surface area contributed by atoms with Crippen LogP contribution in [-0.4, -0.2) is 29.5 Å². The summed E-state index contributed by atoms with van der Waals surface area (Å²) < 4.78 is 32.1. The van der Waals surface area contributed by atoms with Gasteiger partial charge in [-0.25, -0.2) is 0 Å². The van der Waals surface area contributed by atoms with Crippen molar-refractivity contribution in [1.82, 2.24) is 0 Å². The predicted octanol–water partition coefficient (Wildman–Crippen LogP) is 1.62. The van der Waals surface area contributed by atoms with Gasteiger partial charge in [0.25, 0.3) is 15.8 Å². The monoisotopic (exact) mass is 333 g/mol. The van der Waals surface area contributed by atoms with E-state index in [4.69, 9.17) is 0 Å². The third-order valence-electron chi connectivity index (χ3n) is 3.49. The third-order valence-corrected chi connectivity index (χ3v) is 4.38. The highest BCUT2D eigenvalue weighted by Gasteiger charge is 2.38. The Morgan fingerprint density at radius 3 is 2.00 bits per heavy atom. The molecule has 1 aliphatic carbocycles. The van der Waals surface area contributed by atoms with Gasteiger partial charge in [0.05, 0.1) is 10.5 Å². The van der Waals surface area contributed by atoms with E-state index >= 15 is 0 Å². The minimum Gasteiger partial charge on any atom is -0.289 e. The zero-order valence-corrected chi connectivity index (χ0v) is 12.0. The molecule has 0 fully saturated rings. The Kier molecular flexibility index (Phi) is 3.13. The predicted molar refractivity (Wildman–Crippen MR) is 76.2 cm³/mol. The topological polar surface area (TPSA) is 132 Å². The number of benzene rings is 2. The molecule has 2 aromatic carbocycles. The summed E-state index contributed by atoms with van der Waals surface area (Å²) in [6.07, 6.45) is 0. The largest absolute Gasteiger partial charge is 0.295 e. The van der Waals surface area contributed by atoms with Gasteiger partial charge in [0.2, 0.25) is 5.78 Å². The van der Waals surface area contributed by atoms with Crippen LogP contribution < -0.4 is 0 Å². The Morgan fingerprint density at radius 2 is 1.43 bits per heavy atom. The molecule has 0 atom stereocenters. The Balaban J connectivity index is 2.41. The molecule has 1 N–H and O–H groups in total. The van der Waals surface area contributed by atoms with E-state index < -0.39 is 42.8 Å². The van der Waals surface area contributed by atoms with Crippen molar-refractivity contribution in [3.05, 3.63) is 68.8 Å². The summed E-state index contributed by atoms with van der Waals surface area (Å²) in [7, 11) is -4.74. The molecular weight excluding hydrogens is 326 g/mol. The van der Waals surface area contributed by atoms with Gasteiger partial charge >= 0.3 is 0 Å². The molecule has 2 aromatic rings. The van der Waals surface area contributed by atoms with E-state index in [0.717, 1.165) is 12.1 Å². The molecule has 0 spiro atoms. The highest BCUT2D eigenvalue weighted by Crippen LogP contribution is 2.35. The SMILES string of the molecule is O=C1c2cccc(S(=O)(=O)O)c2C(=O)c2cccc([N+](=O)[O-])c21. The van der Waals surface area contributed by atoms with Crippen molar-refractivity contribution in [3.8, 4) is 0 Å². The number of ketones is 2. The van der Waals surface area contributed by atoms with Crippen LogP contribution in [-0.2, 0) is 10.1 Å². The molecule has 0 amide bonds. The zero-order chi connectivity index (χ0) is 16.9. The highest BCUT2D eigenvalue weighted by atomic mass is 32.2. The maximum Gasteiger partial charge on any atom is 0.295 e. The van der Waals surface area contributed by atoms with Crippen LogP contribution >= 0.6 is 0 Å². The number of nitro groups is 1. The lowest BCUT2D eigenvalue weighted by Crippen LogP contribution is -2.24. The van der Waals surface area contributed by atoms with Crippen molar-refractivity contribution in [2.24, 2.45) is 0 Å². The first kappa shape index (κ1) is 15.0. The zero-order valence-electron chi connectivity index (χ0n) is 11.2. The van der Waals surface area contributed by atoms with Crippen LogP contribution in [0.2, 0.25) is 0 Å². The quantitative estimate of drug-likeness (QED) is 0.428.